The van der Waals surface area contributed by atoms with Crippen molar-refractivity contribution in [2.45, 2.75) is 46.1 Å². The summed E-state index contributed by atoms with van der Waals surface area (Å²) in [5, 5.41) is 7.01. The van der Waals surface area contributed by atoms with E-state index in [0.29, 0.717) is 35.2 Å². The molecular weight excluding hydrogens is 369 g/mol. The van der Waals surface area contributed by atoms with Crippen LogP contribution in [0.1, 0.15) is 49.7 Å². The Morgan fingerprint density at radius 1 is 1.17 bits per heavy atom. The van der Waals surface area contributed by atoms with Crippen molar-refractivity contribution in [2.75, 3.05) is 0 Å². The van der Waals surface area contributed by atoms with E-state index in [-0.39, 0.29) is 24.2 Å². The highest BCUT2D eigenvalue weighted by Gasteiger charge is 2.17. The quantitative estimate of drug-likeness (QED) is 0.581. The van der Waals surface area contributed by atoms with Gasteiger partial charge in [0.05, 0.1) is 6.04 Å². The van der Waals surface area contributed by atoms with E-state index in [1.54, 1.807) is 19.1 Å². The highest BCUT2D eigenvalue weighted by atomic mass is 19.1. The Hall–Kier alpha value is -3.02. The van der Waals surface area contributed by atoms with E-state index in [0.717, 1.165) is 12.0 Å². The van der Waals surface area contributed by atoms with Crippen LogP contribution in [0.3, 0.4) is 0 Å². The molecule has 1 unspecified atom stereocenters. The number of rotatable bonds is 8. The summed E-state index contributed by atoms with van der Waals surface area (Å²) in [6.45, 7) is 5.97. The number of aromatic nitrogens is 2. The highest BCUT2D eigenvalue weighted by molar-refractivity contribution is 5.76. The predicted molar refractivity (Wildman–Crippen MR) is 110 cm³/mol. The van der Waals surface area contributed by atoms with Crippen LogP contribution in [0.15, 0.2) is 53.1 Å². The minimum Gasteiger partial charge on any atom is -0.349 e. The van der Waals surface area contributed by atoms with E-state index in [2.05, 4.69) is 29.3 Å². The van der Waals surface area contributed by atoms with Crippen molar-refractivity contribution in [3.8, 4) is 11.4 Å². The van der Waals surface area contributed by atoms with Crippen molar-refractivity contribution in [3.05, 3.63) is 71.4 Å². The zero-order chi connectivity index (χ0) is 20.8. The number of carbonyl (C=O) groups is 1. The molecule has 0 fully saturated rings. The standard InChI is InChI=1S/C23H26FN3O2/c1-15(2)13-20(17-7-5-4-6-8-17)25-21(28)11-12-22-26-23(27-29-22)18-10-9-16(3)19(24)14-18/h4-10,14-15,20H,11-13H2,1-3H3,(H,25,28). The van der Waals surface area contributed by atoms with E-state index in [1.165, 1.54) is 6.07 Å². The Labute approximate surface area is 170 Å². The molecule has 5 nitrogen and oxygen atoms in total. The van der Waals surface area contributed by atoms with E-state index < -0.39 is 0 Å². The topological polar surface area (TPSA) is 68.0 Å². The summed E-state index contributed by atoms with van der Waals surface area (Å²) < 4.78 is 19.0. The number of amides is 1. The van der Waals surface area contributed by atoms with Crippen LogP contribution in [0.2, 0.25) is 0 Å². The first-order valence-electron chi connectivity index (χ1n) is 9.85. The Morgan fingerprint density at radius 3 is 2.62 bits per heavy atom. The predicted octanol–water partition coefficient (Wildman–Crippen LogP) is 5.02. The molecular formula is C23H26FN3O2. The van der Waals surface area contributed by atoms with Gasteiger partial charge in [0.2, 0.25) is 17.6 Å². The first-order valence-corrected chi connectivity index (χ1v) is 9.85. The molecule has 0 aliphatic carbocycles. The SMILES string of the molecule is Cc1ccc(-c2noc(CCC(=O)NC(CC(C)C)c3ccccc3)n2)cc1F. The van der Waals surface area contributed by atoms with Gasteiger partial charge in [-0.25, -0.2) is 4.39 Å². The third-order valence-electron chi connectivity index (χ3n) is 4.71. The van der Waals surface area contributed by atoms with Gasteiger partial charge in [-0.3, -0.25) is 4.79 Å². The average Bonchev–Trinajstić information content (AvgIpc) is 3.17. The fraction of sp³-hybridized carbons (Fsp3) is 0.348. The molecule has 0 aliphatic heterocycles. The Balaban J connectivity index is 1.60. The third kappa shape index (κ3) is 5.73. The maximum absolute atomic E-state index is 13.7. The first-order chi connectivity index (χ1) is 13.9. The van der Waals surface area contributed by atoms with E-state index in [4.69, 9.17) is 4.52 Å². The number of hydrogen-bond acceptors (Lipinski definition) is 4. The van der Waals surface area contributed by atoms with Crippen molar-refractivity contribution < 1.29 is 13.7 Å². The van der Waals surface area contributed by atoms with Gasteiger partial charge >= 0.3 is 0 Å². The van der Waals surface area contributed by atoms with E-state index in [9.17, 15) is 9.18 Å². The lowest BCUT2D eigenvalue weighted by atomic mass is 9.97. The lowest BCUT2D eigenvalue weighted by molar-refractivity contribution is -0.122. The largest absolute Gasteiger partial charge is 0.349 e. The lowest BCUT2D eigenvalue weighted by Gasteiger charge is -2.21. The van der Waals surface area contributed by atoms with Crippen LogP contribution in [0, 0.1) is 18.7 Å². The molecule has 0 saturated heterocycles. The fourth-order valence-electron chi connectivity index (χ4n) is 3.13. The van der Waals surface area contributed by atoms with Crippen molar-refractivity contribution in [3.63, 3.8) is 0 Å². The molecule has 1 amide bonds. The number of benzene rings is 2. The first kappa shape index (κ1) is 20.7. The van der Waals surface area contributed by atoms with E-state index >= 15 is 0 Å². The van der Waals surface area contributed by atoms with E-state index in [1.807, 2.05) is 30.3 Å². The maximum Gasteiger partial charge on any atom is 0.227 e. The maximum atomic E-state index is 13.7. The number of halogens is 1. The third-order valence-corrected chi connectivity index (χ3v) is 4.71. The van der Waals surface area contributed by atoms with Gasteiger partial charge < -0.3 is 9.84 Å². The smallest absolute Gasteiger partial charge is 0.227 e. The monoisotopic (exact) mass is 395 g/mol. The molecule has 152 valence electrons. The molecule has 3 rings (SSSR count). The molecule has 1 aromatic heterocycles. The average molecular weight is 395 g/mol. The second kappa shape index (κ2) is 9.45. The number of aryl methyl sites for hydroxylation is 2. The van der Waals surface area contributed by atoms with Crippen LogP contribution in [-0.2, 0) is 11.2 Å². The molecule has 1 N–H and O–H groups in total. The molecule has 1 atom stereocenters. The molecule has 0 spiro atoms. The molecule has 0 aliphatic rings. The van der Waals surface area contributed by atoms with Gasteiger partial charge in [-0.05, 0) is 36.5 Å². The fourth-order valence-corrected chi connectivity index (χ4v) is 3.13. The van der Waals surface area contributed by atoms with Crippen molar-refractivity contribution in [2.24, 2.45) is 5.92 Å². The van der Waals surface area contributed by atoms with Crippen LogP contribution in [0.25, 0.3) is 11.4 Å². The Kier molecular flexibility index (Phi) is 6.75. The van der Waals surface area contributed by atoms with Crippen molar-refractivity contribution in [1.82, 2.24) is 15.5 Å². The van der Waals surface area contributed by atoms with Gasteiger partial charge in [-0.1, -0.05) is 61.5 Å². The second-order valence-corrected chi connectivity index (χ2v) is 7.64. The molecule has 0 radical (unpaired) electrons. The second-order valence-electron chi connectivity index (χ2n) is 7.64. The molecule has 0 saturated carbocycles. The normalized spacial score (nSPS) is 12.2. The number of carbonyl (C=O) groups excluding carboxylic acids is 1. The van der Waals surface area contributed by atoms with Gasteiger partial charge in [0.15, 0.2) is 0 Å². The summed E-state index contributed by atoms with van der Waals surface area (Å²) in [5.41, 5.74) is 2.20. The van der Waals surface area contributed by atoms with Crippen molar-refractivity contribution >= 4 is 5.91 Å². The van der Waals surface area contributed by atoms with Gasteiger partial charge in [-0.15, -0.1) is 0 Å². The van der Waals surface area contributed by atoms with Crippen LogP contribution in [0.4, 0.5) is 4.39 Å². The highest BCUT2D eigenvalue weighted by Crippen LogP contribution is 2.22. The van der Waals surface area contributed by atoms with Crippen LogP contribution in [0.5, 0.6) is 0 Å². The summed E-state index contributed by atoms with van der Waals surface area (Å²) in [4.78, 5) is 16.8. The zero-order valence-corrected chi connectivity index (χ0v) is 17.0. The summed E-state index contributed by atoms with van der Waals surface area (Å²) in [5.74, 6) is 0.748. The molecule has 3 aromatic rings. The summed E-state index contributed by atoms with van der Waals surface area (Å²) in [6.07, 6.45) is 1.43. The van der Waals surface area contributed by atoms with Crippen LogP contribution >= 0.6 is 0 Å². The molecule has 0 bridgehead atoms. The molecule has 29 heavy (non-hydrogen) atoms. The Morgan fingerprint density at radius 2 is 1.93 bits per heavy atom. The van der Waals surface area contributed by atoms with Crippen LogP contribution in [-0.4, -0.2) is 16.0 Å². The lowest BCUT2D eigenvalue weighted by Crippen LogP contribution is -2.29. The molecule has 2 aromatic carbocycles. The van der Waals surface area contributed by atoms with Crippen molar-refractivity contribution in [1.29, 1.82) is 0 Å². The number of nitrogens with one attached hydrogen (secondary N) is 1. The van der Waals surface area contributed by atoms with Gasteiger partial charge in [0.1, 0.15) is 5.82 Å². The molecule has 6 heteroatoms. The zero-order valence-electron chi connectivity index (χ0n) is 17.0. The van der Waals surface area contributed by atoms with Gasteiger partial charge in [0, 0.05) is 18.4 Å². The number of nitrogens with zero attached hydrogens (tertiary/aromatic N) is 2. The van der Waals surface area contributed by atoms with Gasteiger partial charge in [0.25, 0.3) is 0 Å². The Bertz CT molecular complexity index is 954. The summed E-state index contributed by atoms with van der Waals surface area (Å²) in [6, 6.07) is 14.7. The van der Waals surface area contributed by atoms with Crippen LogP contribution < -0.4 is 5.32 Å². The molecule has 1 heterocycles. The minimum atomic E-state index is -0.315. The summed E-state index contributed by atoms with van der Waals surface area (Å²) in [7, 11) is 0. The van der Waals surface area contributed by atoms with Gasteiger partial charge in [-0.2, -0.15) is 4.98 Å². The summed E-state index contributed by atoms with van der Waals surface area (Å²) >= 11 is 0. The minimum absolute atomic E-state index is 0.0301. The number of hydrogen-bond donors (Lipinski definition) is 1.